The summed E-state index contributed by atoms with van der Waals surface area (Å²) in [4.78, 5) is 5.43. The molecule has 1 aliphatic heterocycles. The molecule has 0 radical (unpaired) electrons. The topological polar surface area (TPSA) is 24.5 Å². The van der Waals surface area contributed by atoms with Gasteiger partial charge in [0.15, 0.2) is 0 Å². The van der Waals surface area contributed by atoms with Crippen molar-refractivity contribution >= 4 is 11.3 Å². The summed E-state index contributed by atoms with van der Waals surface area (Å²) in [5.74, 6) is 0.744. The number of ether oxygens (including phenoxy) is 1. The first-order valence-electron chi connectivity index (χ1n) is 7.73. The molecule has 1 saturated heterocycles. The molecule has 1 unspecified atom stereocenters. The lowest BCUT2D eigenvalue weighted by Gasteiger charge is -2.35. The molecule has 0 saturated carbocycles. The van der Waals surface area contributed by atoms with Gasteiger partial charge in [-0.05, 0) is 31.4 Å². The van der Waals surface area contributed by atoms with Crippen LogP contribution in [0.2, 0.25) is 0 Å². The summed E-state index contributed by atoms with van der Waals surface area (Å²) in [5.41, 5.74) is 0. The van der Waals surface area contributed by atoms with E-state index < -0.39 is 0 Å². The minimum atomic E-state index is 0.639. The van der Waals surface area contributed by atoms with Crippen molar-refractivity contribution in [3.8, 4) is 0 Å². The number of thiophene rings is 1. The molecule has 0 bridgehead atoms. The summed E-state index contributed by atoms with van der Waals surface area (Å²) in [5, 5.41) is 3.65. The van der Waals surface area contributed by atoms with Crippen molar-refractivity contribution in [2.24, 2.45) is 5.92 Å². The Bertz CT molecular complexity index is 386. The molecule has 1 aliphatic rings. The van der Waals surface area contributed by atoms with Crippen LogP contribution in [-0.2, 0) is 11.3 Å². The molecule has 1 aromatic rings. The molecule has 1 atom stereocenters. The molecule has 4 heteroatoms. The number of hydrogen-bond donors (Lipinski definition) is 1. The van der Waals surface area contributed by atoms with Crippen LogP contribution in [0.15, 0.2) is 12.1 Å². The van der Waals surface area contributed by atoms with Crippen LogP contribution >= 0.6 is 11.3 Å². The molecule has 2 rings (SSSR count). The molecular formula is C16H28N2OS. The van der Waals surface area contributed by atoms with Crippen molar-refractivity contribution in [1.29, 1.82) is 0 Å². The van der Waals surface area contributed by atoms with E-state index >= 15 is 0 Å². The number of rotatable bonds is 7. The predicted octanol–water partition coefficient (Wildman–Crippen LogP) is 2.89. The van der Waals surface area contributed by atoms with E-state index in [1.165, 1.54) is 16.2 Å². The first-order valence-corrected chi connectivity index (χ1v) is 8.54. The van der Waals surface area contributed by atoms with Crippen LogP contribution < -0.4 is 5.32 Å². The molecule has 0 aliphatic carbocycles. The quantitative estimate of drug-likeness (QED) is 0.837. The predicted molar refractivity (Wildman–Crippen MR) is 86.4 cm³/mol. The Morgan fingerprint density at radius 3 is 2.65 bits per heavy atom. The Hall–Kier alpha value is -0.420. The van der Waals surface area contributed by atoms with Crippen LogP contribution in [0.3, 0.4) is 0 Å². The first-order chi connectivity index (χ1) is 9.65. The maximum absolute atomic E-state index is 5.47. The minimum absolute atomic E-state index is 0.639. The van der Waals surface area contributed by atoms with E-state index in [0.717, 1.165) is 45.3 Å². The van der Waals surface area contributed by atoms with Crippen LogP contribution in [0.4, 0.5) is 0 Å². The number of aryl methyl sites for hydroxylation is 1. The van der Waals surface area contributed by atoms with Crippen molar-refractivity contribution in [3.63, 3.8) is 0 Å². The molecule has 3 nitrogen and oxygen atoms in total. The fourth-order valence-corrected chi connectivity index (χ4v) is 3.65. The third-order valence-electron chi connectivity index (χ3n) is 3.78. The van der Waals surface area contributed by atoms with E-state index in [0.29, 0.717) is 6.04 Å². The molecule has 0 spiro atoms. The highest BCUT2D eigenvalue weighted by Gasteiger charge is 2.21. The van der Waals surface area contributed by atoms with Gasteiger partial charge in [-0.3, -0.25) is 4.90 Å². The zero-order valence-corrected chi connectivity index (χ0v) is 13.8. The molecule has 2 heterocycles. The van der Waals surface area contributed by atoms with Crippen molar-refractivity contribution in [3.05, 3.63) is 21.9 Å². The van der Waals surface area contributed by atoms with Gasteiger partial charge in [-0.25, -0.2) is 0 Å². The highest BCUT2D eigenvalue weighted by molar-refractivity contribution is 7.11. The van der Waals surface area contributed by atoms with Crippen molar-refractivity contribution in [1.82, 2.24) is 10.2 Å². The van der Waals surface area contributed by atoms with Gasteiger partial charge in [0.05, 0.1) is 13.2 Å². The standard InChI is InChI=1S/C16H28N2OS/c1-13(2)10-15(18-6-8-19-9-7-18)11-17-12-16-5-4-14(3)20-16/h4-5,13,15,17H,6-12H2,1-3H3. The Balaban J connectivity index is 1.80. The Morgan fingerprint density at radius 1 is 1.30 bits per heavy atom. The zero-order valence-electron chi connectivity index (χ0n) is 13.0. The van der Waals surface area contributed by atoms with E-state index in [1.54, 1.807) is 0 Å². The maximum atomic E-state index is 5.47. The average molecular weight is 296 g/mol. The number of hydrogen-bond acceptors (Lipinski definition) is 4. The lowest BCUT2D eigenvalue weighted by atomic mass is 10.0. The molecule has 1 fully saturated rings. The van der Waals surface area contributed by atoms with Crippen LogP contribution in [-0.4, -0.2) is 43.8 Å². The summed E-state index contributed by atoms with van der Waals surface area (Å²) in [7, 11) is 0. The molecular weight excluding hydrogens is 268 g/mol. The molecule has 114 valence electrons. The molecule has 1 aromatic heterocycles. The van der Waals surface area contributed by atoms with Gasteiger partial charge in [0.2, 0.25) is 0 Å². The fourth-order valence-electron chi connectivity index (χ4n) is 2.79. The lowest BCUT2D eigenvalue weighted by Crippen LogP contribution is -2.48. The second-order valence-electron chi connectivity index (χ2n) is 6.07. The van der Waals surface area contributed by atoms with Gasteiger partial charge in [-0.2, -0.15) is 0 Å². The van der Waals surface area contributed by atoms with Crippen molar-refractivity contribution in [2.45, 2.75) is 39.8 Å². The summed E-state index contributed by atoms with van der Waals surface area (Å²) in [6.45, 7) is 12.8. The van der Waals surface area contributed by atoms with Gasteiger partial charge < -0.3 is 10.1 Å². The van der Waals surface area contributed by atoms with Crippen LogP contribution in [0.5, 0.6) is 0 Å². The molecule has 1 N–H and O–H groups in total. The highest BCUT2D eigenvalue weighted by Crippen LogP contribution is 2.16. The SMILES string of the molecule is Cc1ccc(CNCC(CC(C)C)N2CCOCC2)s1. The monoisotopic (exact) mass is 296 g/mol. The summed E-state index contributed by atoms with van der Waals surface area (Å²) < 4.78 is 5.47. The lowest BCUT2D eigenvalue weighted by molar-refractivity contribution is 0.0123. The van der Waals surface area contributed by atoms with E-state index in [4.69, 9.17) is 4.74 Å². The summed E-state index contributed by atoms with van der Waals surface area (Å²) >= 11 is 1.89. The second-order valence-corrected chi connectivity index (χ2v) is 7.45. The van der Waals surface area contributed by atoms with E-state index in [2.05, 4.69) is 43.1 Å². The second kappa shape index (κ2) is 8.13. The van der Waals surface area contributed by atoms with Crippen molar-refractivity contribution in [2.75, 3.05) is 32.8 Å². The smallest absolute Gasteiger partial charge is 0.0594 e. The Labute approximate surface area is 127 Å². The Kier molecular flexibility index (Phi) is 6.49. The summed E-state index contributed by atoms with van der Waals surface area (Å²) in [6, 6.07) is 5.08. The third-order valence-corrected chi connectivity index (χ3v) is 4.78. The van der Waals surface area contributed by atoms with E-state index in [-0.39, 0.29) is 0 Å². The fraction of sp³-hybridized carbons (Fsp3) is 0.750. The third kappa shape index (κ3) is 5.17. The van der Waals surface area contributed by atoms with E-state index in [9.17, 15) is 0 Å². The molecule has 0 aromatic carbocycles. The van der Waals surface area contributed by atoms with Gasteiger partial charge in [-0.1, -0.05) is 13.8 Å². The van der Waals surface area contributed by atoms with Gasteiger partial charge in [0, 0.05) is 42.0 Å². The zero-order chi connectivity index (χ0) is 14.4. The average Bonchev–Trinajstić information content (AvgIpc) is 2.84. The first kappa shape index (κ1) is 16.0. The number of nitrogens with one attached hydrogen (secondary N) is 1. The number of nitrogens with zero attached hydrogens (tertiary/aromatic N) is 1. The Morgan fingerprint density at radius 2 is 2.05 bits per heavy atom. The highest BCUT2D eigenvalue weighted by atomic mass is 32.1. The largest absolute Gasteiger partial charge is 0.379 e. The van der Waals surface area contributed by atoms with Crippen LogP contribution in [0.25, 0.3) is 0 Å². The van der Waals surface area contributed by atoms with Crippen LogP contribution in [0, 0.1) is 12.8 Å². The van der Waals surface area contributed by atoms with Crippen LogP contribution in [0.1, 0.15) is 30.0 Å². The van der Waals surface area contributed by atoms with Gasteiger partial charge in [0.25, 0.3) is 0 Å². The minimum Gasteiger partial charge on any atom is -0.379 e. The van der Waals surface area contributed by atoms with Crippen molar-refractivity contribution < 1.29 is 4.74 Å². The normalized spacial score (nSPS) is 18.6. The maximum Gasteiger partial charge on any atom is 0.0594 e. The number of morpholine rings is 1. The van der Waals surface area contributed by atoms with E-state index in [1.807, 2.05) is 11.3 Å². The molecule has 20 heavy (non-hydrogen) atoms. The summed E-state index contributed by atoms with van der Waals surface area (Å²) in [6.07, 6.45) is 1.26. The molecule has 0 amide bonds. The van der Waals surface area contributed by atoms with Gasteiger partial charge >= 0.3 is 0 Å². The van der Waals surface area contributed by atoms with Gasteiger partial charge in [0.1, 0.15) is 0 Å². The van der Waals surface area contributed by atoms with Gasteiger partial charge in [-0.15, -0.1) is 11.3 Å².